The third-order valence-corrected chi connectivity index (χ3v) is 12.7. The summed E-state index contributed by atoms with van der Waals surface area (Å²) in [5.41, 5.74) is 4.49. The van der Waals surface area contributed by atoms with E-state index in [0.29, 0.717) is 43.5 Å². The Hall–Kier alpha value is -4.42. The van der Waals surface area contributed by atoms with Gasteiger partial charge in [0.05, 0.1) is 34.8 Å². The lowest BCUT2D eigenvalue weighted by molar-refractivity contribution is -0.142. The van der Waals surface area contributed by atoms with Crippen molar-refractivity contribution >= 4 is 40.0 Å². The van der Waals surface area contributed by atoms with Gasteiger partial charge in [0, 0.05) is 61.8 Å². The summed E-state index contributed by atoms with van der Waals surface area (Å²) < 4.78 is 16.9. The Morgan fingerprint density at radius 2 is 1.77 bits per heavy atom. The number of benzene rings is 1. The molecule has 2 aliphatic carbocycles. The van der Waals surface area contributed by atoms with Crippen LogP contribution in [0.1, 0.15) is 77.3 Å². The monoisotopic (exact) mass is 706 g/mol. The van der Waals surface area contributed by atoms with E-state index in [1.165, 1.54) is 45.5 Å². The van der Waals surface area contributed by atoms with Crippen LogP contribution in [0.3, 0.4) is 0 Å². The minimum Gasteiger partial charge on any atom is -0.384 e. The van der Waals surface area contributed by atoms with E-state index in [1.54, 1.807) is 23.5 Å². The van der Waals surface area contributed by atoms with Crippen LogP contribution >= 0.6 is 0 Å². The normalized spacial score (nSPS) is 25.9. The van der Waals surface area contributed by atoms with Gasteiger partial charge in [0.15, 0.2) is 11.6 Å². The molecule has 2 amide bonds. The molecule has 4 aromatic rings. The number of nitrogens with one attached hydrogen (secondary N) is 1. The van der Waals surface area contributed by atoms with Crippen molar-refractivity contribution in [1.29, 1.82) is 0 Å². The van der Waals surface area contributed by atoms with E-state index in [2.05, 4.69) is 46.1 Å². The third-order valence-electron chi connectivity index (χ3n) is 12.7. The van der Waals surface area contributed by atoms with Gasteiger partial charge in [0.25, 0.3) is 5.91 Å². The summed E-state index contributed by atoms with van der Waals surface area (Å²) >= 11 is 0. The molecule has 1 spiro atoms. The van der Waals surface area contributed by atoms with Crippen molar-refractivity contribution in [2.75, 3.05) is 36.4 Å². The second-order valence-electron chi connectivity index (χ2n) is 16.2. The second kappa shape index (κ2) is 12.6. The van der Waals surface area contributed by atoms with Crippen molar-refractivity contribution in [1.82, 2.24) is 29.3 Å². The number of piperidine rings is 2. The van der Waals surface area contributed by atoms with Crippen LogP contribution in [0.4, 0.5) is 21.6 Å². The Balaban J connectivity index is 1.09. The number of nitrogens with zero attached hydrogens (tertiary/aromatic N) is 7. The van der Waals surface area contributed by atoms with E-state index in [1.807, 2.05) is 16.7 Å². The maximum Gasteiger partial charge on any atom is 0.251 e. The standard InChI is InChI=1S/C40H47FN8O3/c1-23(2)48-22-43-34-18-33(45-37(36(34)48)44-32-8-11-42-19-31(32)41)27-6-7-30-35(15-27)49(29-16-28(17-29)47-20-25-4-5-26(14-25)21-47)39(52)40(30)9-12-46(13-10-40)38(51)24(3)50/h6-8,11,15,18-19,22-26,28-29,50H,4-5,9-10,12-14,16-17,20-21H2,1-3H3,(H,42,44,45)/t24-,25?,26?,28?,29?/m0/s1. The summed E-state index contributed by atoms with van der Waals surface area (Å²) in [4.78, 5) is 47.7. The Morgan fingerprint density at radius 3 is 2.46 bits per heavy atom. The number of fused-ring (bicyclic) bond motifs is 5. The van der Waals surface area contributed by atoms with Crippen LogP contribution in [-0.2, 0) is 15.0 Å². The average molecular weight is 707 g/mol. The summed E-state index contributed by atoms with van der Waals surface area (Å²) in [5.74, 6) is 1.48. The summed E-state index contributed by atoms with van der Waals surface area (Å²) in [5, 5.41) is 13.2. The molecule has 4 fully saturated rings. The Labute approximate surface area is 303 Å². The molecule has 2 unspecified atom stereocenters. The molecule has 0 radical (unpaired) electrons. The first-order chi connectivity index (χ1) is 25.1. The minimum atomic E-state index is -1.07. The molecule has 2 N–H and O–H groups in total. The van der Waals surface area contributed by atoms with E-state index in [9.17, 15) is 19.1 Å². The molecule has 2 saturated carbocycles. The number of aliphatic hydroxyl groups excluding tert-OH is 1. The number of pyridine rings is 2. The molecule has 2 bridgehead atoms. The number of rotatable bonds is 7. The lowest BCUT2D eigenvalue weighted by atomic mass is 9.73. The van der Waals surface area contributed by atoms with Gasteiger partial charge in [-0.25, -0.2) is 14.4 Å². The molecule has 9 rings (SSSR count). The zero-order valence-corrected chi connectivity index (χ0v) is 30.1. The molecule has 3 aromatic heterocycles. The predicted molar refractivity (Wildman–Crippen MR) is 197 cm³/mol. The SMILES string of the molecule is CC(C)n1cnc2cc(-c3ccc4c(c3)N(C3CC(N5CC6CCC(C6)C5)C3)C(=O)C43CCN(C(=O)[C@H](C)O)CC3)nc(Nc3ccncc3F)c21. The van der Waals surface area contributed by atoms with Gasteiger partial charge in [-0.1, -0.05) is 12.1 Å². The summed E-state index contributed by atoms with van der Waals surface area (Å²) in [6.45, 7) is 8.84. The van der Waals surface area contributed by atoms with Crippen LogP contribution in [-0.4, -0.2) is 90.6 Å². The number of aliphatic hydroxyl groups is 1. The minimum absolute atomic E-state index is 0.102. The molecule has 5 aliphatic rings. The fraction of sp³-hybridized carbons (Fsp3) is 0.525. The number of hydrogen-bond acceptors (Lipinski definition) is 8. The van der Waals surface area contributed by atoms with E-state index in [4.69, 9.17) is 9.97 Å². The lowest BCUT2D eigenvalue weighted by Crippen LogP contribution is -2.59. The molecule has 52 heavy (non-hydrogen) atoms. The van der Waals surface area contributed by atoms with Crippen molar-refractivity contribution in [2.24, 2.45) is 11.8 Å². The van der Waals surface area contributed by atoms with Gasteiger partial charge in [-0.2, -0.15) is 0 Å². The average Bonchev–Trinajstić information content (AvgIpc) is 3.77. The van der Waals surface area contributed by atoms with Gasteiger partial charge < -0.3 is 24.8 Å². The fourth-order valence-corrected chi connectivity index (χ4v) is 9.87. The van der Waals surface area contributed by atoms with Gasteiger partial charge in [-0.15, -0.1) is 0 Å². The molecule has 2 saturated heterocycles. The number of imidazole rings is 1. The summed E-state index contributed by atoms with van der Waals surface area (Å²) in [6.07, 6.45) is 10.5. The Kier molecular flexibility index (Phi) is 8.11. The van der Waals surface area contributed by atoms with Crippen molar-refractivity contribution in [3.05, 3.63) is 60.4 Å². The number of anilines is 3. The number of hydrogen-bond donors (Lipinski definition) is 2. The molecule has 6 heterocycles. The van der Waals surface area contributed by atoms with E-state index in [0.717, 1.165) is 52.5 Å². The molecule has 12 heteroatoms. The van der Waals surface area contributed by atoms with Crippen LogP contribution in [0.25, 0.3) is 22.3 Å². The highest BCUT2D eigenvalue weighted by Crippen LogP contribution is 2.52. The van der Waals surface area contributed by atoms with Crippen LogP contribution in [0, 0.1) is 17.7 Å². The van der Waals surface area contributed by atoms with Crippen molar-refractivity contribution in [3.63, 3.8) is 0 Å². The van der Waals surface area contributed by atoms with Gasteiger partial charge in [0.2, 0.25) is 5.91 Å². The lowest BCUT2D eigenvalue weighted by Gasteiger charge is -2.49. The maximum absolute atomic E-state index is 14.8. The van der Waals surface area contributed by atoms with E-state index in [-0.39, 0.29) is 29.6 Å². The fourth-order valence-electron chi connectivity index (χ4n) is 9.87. The van der Waals surface area contributed by atoms with Gasteiger partial charge in [-0.3, -0.25) is 19.5 Å². The highest BCUT2D eigenvalue weighted by molar-refractivity contribution is 6.09. The first-order valence-electron chi connectivity index (χ1n) is 19.0. The molecule has 272 valence electrons. The quantitative estimate of drug-likeness (QED) is 0.247. The predicted octanol–water partition coefficient (Wildman–Crippen LogP) is 5.81. The highest BCUT2D eigenvalue weighted by atomic mass is 19.1. The van der Waals surface area contributed by atoms with E-state index < -0.39 is 17.3 Å². The molecule has 11 nitrogen and oxygen atoms in total. The van der Waals surface area contributed by atoms with Crippen LogP contribution < -0.4 is 10.2 Å². The highest BCUT2D eigenvalue weighted by Gasteiger charge is 2.56. The number of aromatic nitrogens is 4. The maximum atomic E-state index is 14.8. The third kappa shape index (κ3) is 5.39. The number of carbonyl (C=O) groups is 2. The number of halogens is 1. The smallest absolute Gasteiger partial charge is 0.251 e. The number of carbonyl (C=O) groups excluding carboxylic acids is 2. The molecule has 1 aromatic carbocycles. The second-order valence-corrected chi connectivity index (χ2v) is 16.2. The summed E-state index contributed by atoms with van der Waals surface area (Å²) in [7, 11) is 0. The molecule has 3 atom stereocenters. The van der Waals surface area contributed by atoms with Crippen molar-refractivity contribution in [3.8, 4) is 11.3 Å². The van der Waals surface area contributed by atoms with Gasteiger partial charge in [0.1, 0.15) is 11.6 Å². The first-order valence-corrected chi connectivity index (χ1v) is 19.0. The van der Waals surface area contributed by atoms with Crippen molar-refractivity contribution in [2.45, 2.75) is 95.4 Å². The van der Waals surface area contributed by atoms with Crippen LogP contribution in [0.2, 0.25) is 0 Å². The van der Waals surface area contributed by atoms with Crippen LogP contribution in [0.15, 0.2) is 49.1 Å². The topological polar surface area (TPSA) is 120 Å². The Bertz CT molecular complexity index is 2040. The summed E-state index contributed by atoms with van der Waals surface area (Å²) in [6, 6.07) is 10.5. The van der Waals surface area contributed by atoms with Crippen molar-refractivity contribution < 1.29 is 19.1 Å². The zero-order chi connectivity index (χ0) is 35.9. The first kappa shape index (κ1) is 33.4. The largest absolute Gasteiger partial charge is 0.384 e. The van der Waals surface area contributed by atoms with E-state index >= 15 is 0 Å². The zero-order valence-electron chi connectivity index (χ0n) is 30.1. The van der Waals surface area contributed by atoms with Crippen LogP contribution in [0.5, 0.6) is 0 Å². The Morgan fingerprint density at radius 1 is 1.02 bits per heavy atom. The molecular weight excluding hydrogens is 659 g/mol. The molecular formula is C40H47FN8O3. The van der Waals surface area contributed by atoms with Gasteiger partial charge in [-0.05, 0) is 101 Å². The van der Waals surface area contributed by atoms with Gasteiger partial charge >= 0.3 is 0 Å². The number of likely N-dealkylation sites (tertiary alicyclic amines) is 2. The molecule has 3 aliphatic heterocycles. The number of amides is 2.